The van der Waals surface area contributed by atoms with Crippen molar-refractivity contribution in [2.75, 3.05) is 18.5 Å². The molecule has 0 bridgehead atoms. The number of imidazole rings is 1. The predicted octanol–water partition coefficient (Wildman–Crippen LogP) is 2.22. The van der Waals surface area contributed by atoms with Gasteiger partial charge in [-0.05, 0) is 24.6 Å². The van der Waals surface area contributed by atoms with Crippen molar-refractivity contribution in [2.45, 2.75) is 25.3 Å². The van der Waals surface area contributed by atoms with Crippen LogP contribution in [0.25, 0.3) is 22.2 Å². The SMILES string of the molecule is Cc1cc2nsnc2cc1Nc1ncc2c(n1)n(C1(C#N)CCOCC1)c(=O)n2C. The molecule has 0 amide bonds. The number of aromatic nitrogens is 6. The van der Waals surface area contributed by atoms with E-state index < -0.39 is 5.54 Å². The summed E-state index contributed by atoms with van der Waals surface area (Å²) in [4.78, 5) is 22.0. The Morgan fingerprint density at radius 2 is 2.00 bits per heavy atom. The van der Waals surface area contributed by atoms with Crippen LogP contribution in [0.4, 0.5) is 11.6 Å². The molecule has 1 aliphatic heterocycles. The number of nitrogens with zero attached hydrogens (tertiary/aromatic N) is 7. The van der Waals surface area contributed by atoms with E-state index in [1.165, 1.54) is 9.13 Å². The lowest BCUT2D eigenvalue weighted by Crippen LogP contribution is -2.44. The highest BCUT2D eigenvalue weighted by Crippen LogP contribution is 2.31. The molecule has 152 valence electrons. The van der Waals surface area contributed by atoms with Crippen molar-refractivity contribution in [1.82, 2.24) is 27.8 Å². The molecule has 1 aromatic carbocycles. The Morgan fingerprint density at radius 1 is 1.27 bits per heavy atom. The molecule has 0 unspecified atom stereocenters. The van der Waals surface area contributed by atoms with Gasteiger partial charge in [0.25, 0.3) is 0 Å². The predicted molar refractivity (Wildman–Crippen MR) is 112 cm³/mol. The summed E-state index contributed by atoms with van der Waals surface area (Å²) in [6.07, 6.45) is 2.47. The average Bonchev–Trinajstić information content (AvgIpc) is 3.31. The van der Waals surface area contributed by atoms with Crippen molar-refractivity contribution in [3.63, 3.8) is 0 Å². The van der Waals surface area contributed by atoms with Gasteiger partial charge in [0.05, 0.1) is 24.0 Å². The van der Waals surface area contributed by atoms with E-state index in [0.717, 1.165) is 34.0 Å². The van der Waals surface area contributed by atoms with E-state index in [9.17, 15) is 10.1 Å². The standard InChI is InChI=1S/C19H18N8O2S/c1-11-7-13-14(25-30-24-13)8-12(11)22-17-21-9-15-16(23-17)27(18(28)26(15)2)19(10-20)3-5-29-6-4-19/h7-9H,3-6H2,1-2H3,(H,21,22,23). The van der Waals surface area contributed by atoms with Crippen molar-refractivity contribution in [1.29, 1.82) is 5.26 Å². The number of anilines is 2. The van der Waals surface area contributed by atoms with Crippen molar-refractivity contribution in [3.8, 4) is 6.07 Å². The molecule has 0 spiro atoms. The zero-order valence-corrected chi connectivity index (χ0v) is 17.2. The molecule has 1 N–H and O–H groups in total. The van der Waals surface area contributed by atoms with Gasteiger partial charge >= 0.3 is 5.69 Å². The van der Waals surface area contributed by atoms with Gasteiger partial charge in [-0.1, -0.05) is 0 Å². The van der Waals surface area contributed by atoms with Crippen LogP contribution >= 0.6 is 11.7 Å². The van der Waals surface area contributed by atoms with Crippen molar-refractivity contribution in [3.05, 3.63) is 34.4 Å². The minimum atomic E-state index is -0.985. The summed E-state index contributed by atoms with van der Waals surface area (Å²) in [6, 6.07) is 6.20. The van der Waals surface area contributed by atoms with Crippen LogP contribution in [0.5, 0.6) is 0 Å². The highest BCUT2D eigenvalue weighted by atomic mass is 32.1. The lowest BCUT2D eigenvalue weighted by atomic mass is 9.91. The van der Waals surface area contributed by atoms with Gasteiger partial charge in [-0.2, -0.15) is 19.0 Å². The van der Waals surface area contributed by atoms with Crippen LogP contribution in [0.15, 0.2) is 23.1 Å². The summed E-state index contributed by atoms with van der Waals surface area (Å²) in [5.41, 5.74) is 3.14. The lowest BCUT2D eigenvalue weighted by Gasteiger charge is -2.31. The smallest absolute Gasteiger partial charge is 0.331 e. The number of nitrogens with one attached hydrogen (secondary N) is 1. The number of benzene rings is 1. The number of hydrogen-bond acceptors (Lipinski definition) is 9. The summed E-state index contributed by atoms with van der Waals surface area (Å²) in [5.74, 6) is 0.340. The maximum Gasteiger partial charge on any atom is 0.331 e. The second-order valence-electron chi connectivity index (χ2n) is 7.38. The lowest BCUT2D eigenvalue weighted by molar-refractivity contribution is 0.0448. The first-order valence-electron chi connectivity index (χ1n) is 9.46. The van der Waals surface area contributed by atoms with Gasteiger partial charge in [0.2, 0.25) is 5.95 Å². The molecule has 0 atom stereocenters. The van der Waals surface area contributed by atoms with Crippen LogP contribution in [0.2, 0.25) is 0 Å². The summed E-state index contributed by atoms with van der Waals surface area (Å²) in [6.45, 7) is 2.81. The summed E-state index contributed by atoms with van der Waals surface area (Å²) in [5, 5.41) is 13.2. The molecule has 10 nitrogen and oxygen atoms in total. The van der Waals surface area contributed by atoms with E-state index in [1.807, 2.05) is 19.1 Å². The van der Waals surface area contributed by atoms with Gasteiger partial charge in [-0.15, -0.1) is 0 Å². The molecular weight excluding hydrogens is 404 g/mol. The summed E-state index contributed by atoms with van der Waals surface area (Å²) < 4.78 is 16.9. The Morgan fingerprint density at radius 3 is 2.73 bits per heavy atom. The molecule has 0 radical (unpaired) electrons. The van der Waals surface area contributed by atoms with Gasteiger partial charge in [-0.25, -0.2) is 9.78 Å². The van der Waals surface area contributed by atoms with Gasteiger partial charge in [0.15, 0.2) is 5.65 Å². The minimum Gasteiger partial charge on any atom is -0.381 e. The summed E-state index contributed by atoms with van der Waals surface area (Å²) in [7, 11) is 1.66. The average molecular weight is 422 g/mol. The fourth-order valence-electron chi connectivity index (χ4n) is 3.84. The molecule has 11 heteroatoms. The molecule has 1 fully saturated rings. The largest absolute Gasteiger partial charge is 0.381 e. The maximum atomic E-state index is 13.0. The van der Waals surface area contributed by atoms with E-state index >= 15 is 0 Å². The van der Waals surface area contributed by atoms with Crippen LogP contribution in [-0.2, 0) is 17.3 Å². The number of nitriles is 1. The Bertz CT molecular complexity index is 1370. The third kappa shape index (κ3) is 2.76. The quantitative estimate of drug-likeness (QED) is 0.533. The Hall–Kier alpha value is -3.36. The first kappa shape index (κ1) is 18.7. The van der Waals surface area contributed by atoms with Crippen molar-refractivity contribution >= 4 is 45.6 Å². The van der Waals surface area contributed by atoms with Crippen molar-refractivity contribution in [2.24, 2.45) is 7.05 Å². The second kappa shape index (κ2) is 6.86. The molecule has 30 heavy (non-hydrogen) atoms. The molecule has 1 saturated heterocycles. The normalized spacial score (nSPS) is 16.0. The van der Waals surface area contributed by atoms with Crippen molar-refractivity contribution < 1.29 is 4.74 Å². The Balaban J connectivity index is 1.64. The number of ether oxygens (including phenoxy) is 1. The van der Waals surface area contributed by atoms with E-state index in [4.69, 9.17) is 4.74 Å². The number of fused-ring (bicyclic) bond motifs is 2. The number of hydrogen-bond donors (Lipinski definition) is 1. The van der Waals surface area contributed by atoms with Crippen LogP contribution in [-0.4, -0.2) is 41.1 Å². The maximum absolute atomic E-state index is 13.0. The second-order valence-corrected chi connectivity index (χ2v) is 7.91. The fraction of sp³-hybridized carbons (Fsp3) is 0.368. The Kier molecular flexibility index (Phi) is 4.27. The van der Waals surface area contributed by atoms with Gasteiger partial charge in [0.1, 0.15) is 22.1 Å². The van der Waals surface area contributed by atoms with E-state index in [0.29, 0.717) is 43.2 Å². The van der Waals surface area contributed by atoms with E-state index in [2.05, 4.69) is 30.1 Å². The van der Waals surface area contributed by atoms with Crippen LogP contribution < -0.4 is 11.0 Å². The highest BCUT2D eigenvalue weighted by Gasteiger charge is 2.38. The molecule has 5 rings (SSSR count). The molecular formula is C19H18N8O2S. The highest BCUT2D eigenvalue weighted by molar-refractivity contribution is 7.00. The topological polar surface area (TPSA) is 124 Å². The van der Waals surface area contributed by atoms with Crippen LogP contribution in [0.3, 0.4) is 0 Å². The van der Waals surface area contributed by atoms with E-state index in [-0.39, 0.29) is 5.69 Å². The zero-order valence-electron chi connectivity index (χ0n) is 16.4. The molecule has 4 heterocycles. The zero-order chi connectivity index (χ0) is 20.9. The monoisotopic (exact) mass is 422 g/mol. The third-order valence-corrected chi connectivity index (χ3v) is 6.16. The molecule has 3 aromatic heterocycles. The number of rotatable bonds is 3. The third-order valence-electron chi connectivity index (χ3n) is 5.60. The molecule has 4 aromatic rings. The van der Waals surface area contributed by atoms with E-state index in [1.54, 1.807) is 13.2 Å². The summed E-state index contributed by atoms with van der Waals surface area (Å²) >= 11 is 1.16. The molecule has 1 aliphatic rings. The molecule has 0 saturated carbocycles. The van der Waals surface area contributed by atoms with Crippen LogP contribution in [0.1, 0.15) is 18.4 Å². The van der Waals surface area contributed by atoms with Gasteiger partial charge in [-0.3, -0.25) is 9.13 Å². The first-order chi connectivity index (χ1) is 14.5. The first-order valence-corrected chi connectivity index (χ1v) is 10.2. The minimum absolute atomic E-state index is 0.286. The van der Waals surface area contributed by atoms with Gasteiger partial charge < -0.3 is 10.1 Å². The van der Waals surface area contributed by atoms with Gasteiger partial charge in [0, 0.05) is 38.8 Å². The van der Waals surface area contributed by atoms with Crippen LogP contribution in [0, 0.1) is 18.3 Å². The Labute approximate surface area is 175 Å². The molecule has 0 aliphatic carbocycles. The fourth-order valence-corrected chi connectivity index (χ4v) is 4.35. The number of aryl methyl sites for hydroxylation is 2.